The van der Waals surface area contributed by atoms with E-state index in [1.165, 1.54) is 0 Å². The molecule has 1 aromatic carbocycles. The predicted octanol–water partition coefficient (Wildman–Crippen LogP) is 3.65. The van der Waals surface area contributed by atoms with Crippen LogP contribution in [0.4, 0.5) is 0 Å². The Bertz CT molecular complexity index is 785. The summed E-state index contributed by atoms with van der Waals surface area (Å²) in [4.78, 5) is 13.7. The molecular weight excluding hydrogens is 326 g/mol. The first-order chi connectivity index (χ1) is 12.6. The zero-order chi connectivity index (χ0) is 18.9. The van der Waals surface area contributed by atoms with Gasteiger partial charge in [0.2, 0.25) is 0 Å². The van der Waals surface area contributed by atoms with Crippen LogP contribution in [0.2, 0.25) is 0 Å². The Morgan fingerprint density at radius 3 is 2.81 bits per heavy atom. The molecule has 5 heteroatoms. The van der Waals surface area contributed by atoms with Gasteiger partial charge in [0.25, 0.3) is 0 Å². The standard InChI is InChI=1S/C21H25N3O2/c1-2-3-4-11-19(23)18(21(25)26)15-24-13-8-7-12-20(24)17-10-6-5-9-16(17)14-22/h5-10,12H,2-4,11,13,15,23H2,1H3,(H,25,26). The lowest BCUT2D eigenvalue weighted by Crippen LogP contribution is -2.30. The summed E-state index contributed by atoms with van der Waals surface area (Å²) in [6, 6.07) is 9.54. The van der Waals surface area contributed by atoms with Crippen LogP contribution in [-0.2, 0) is 4.79 Å². The first kappa shape index (κ1) is 19.3. The molecule has 0 unspecified atom stereocenters. The Labute approximate surface area is 154 Å². The molecule has 0 saturated heterocycles. The summed E-state index contributed by atoms with van der Waals surface area (Å²) in [6.45, 7) is 2.88. The van der Waals surface area contributed by atoms with E-state index in [0.717, 1.165) is 30.5 Å². The van der Waals surface area contributed by atoms with Crippen molar-refractivity contribution in [3.8, 4) is 6.07 Å². The third-order valence-corrected chi connectivity index (χ3v) is 4.42. The minimum atomic E-state index is -0.985. The molecule has 0 fully saturated rings. The van der Waals surface area contributed by atoms with Gasteiger partial charge in [-0.1, -0.05) is 50.1 Å². The normalized spacial score (nSPS) is 14.5. The summed E-state index contributed by atoms with van der Waals surface area (Å²) in [5.74, 6) is -0.985. The monoisotopic (exact) mass is 351 g/mol. The second-order valence-corrected chi connectivity index (χ2v) is 6.28. The average Bonchev–Trinajstić information content (AvgIpc) is 2.66. The molecule has 0 atom stereocenters. The van der Waals surface area contributed by atoms with E-state index in [-0.39, 0.29) is 12.1 Å². The first-order valence-electron chi connectivity index (χ1n) is 8.90. The third-order valence-electron chi connectivity index (χ3n) is 4.42. The summed E-state index contributed by atoms with van der Waals surface area (Å²) >= 11 is 0. The van der Waals surface area contributed by atoms with Crippen molar-refractivity contribution in [3.63, 3.8) is 0 Å². The smallest absolute Gasteiger partial charge is 0.335 e. The number of unbranched alkanes of at least 4 members (excludes halogenated alkanes) is 2. The van der Waals surface area contributed by atoms with Crippen molar-refractivity contribution in [2.45, 2.75) is 32.6 Å². The van der Waals surface area contributed by atoms with Crippen molar-refractivity contribution in [2.24, 2.45) is 5.73 Å². The van der Waals surface area contributed by atoms with Gasteiger partial charge in [-0.25, -0.2) is 4.79 Å². The molecular formula is C21H25N3O2. The Hall–Kier alpha value is -3.00. The van der Waals surface area contributed by atoms with Gasteiger partial charge in [0.1, 0.15) is 0 Å². The molecule has 0 radical (unpaired) electrons. The van der Waals surface area contributed by atoms with Gasteiger partial charge in [-0.2, -0.15) is 5.26 Å². The van der Waals surface area contributed by atoms with Crippen molar-refractivity contribution in [1.29, 1.82) is 5.26 Å². The fraction of sp³-hybridized carbons (Fsp3) is 0.333. The Morgan fingerprint density at radius 1 is 1.35 bits per heavy atom. The highest BCUT2D eigenvalue weighted by Gasteiger charge is 2.21. The molecule has 1 aliphatic heterocycles. The van der Waals surface area contributed by atoms with Crippen LogP contribution in [0.15, 0.2) is 53.8 Å². The van der Waals surface area contributed by atoms with Crippen LogP contribution in [0.1, 0.15) is 43.7 Å². The van der Waals surface area contributed by atoms with E-state index in [2.05, 4.69) is 13.0 Å². The number of carbonyl (C=O) groups is 1. The lowest BCUT2D eigenvalue weighted by Gasteiger charge is -2.29. The summed E-state index contributed by atoms with van der Waals surface area (Å²) in [5, 5.41) is 19.0. The first-order valence-corrected chi connectivity index (χ1v) is 8.90. The van der Waals surface area contributed by atoms with Gasteiger partial charge in [-0.3, -0.25) is 0 Å². The number of nitriles is 1. The molecule has 1 aromatic rings. The zero-order valence-corrected chi connectivity index (χ0v) is 15.1. The fourth-order valence-corrected chi connectivity index (χ4v) is 2.98. The van der Waals surface area contributed by atoms with Gasteiger partial charge in [0, 0.05) is 23.5 Å². The maximum atomic E-state index is 11.8. The molecule has 0 amide bonds. The number of carboxylic acids is 1. The SMILES string of the molecule is CCCCCC(N)=C(CN1CC=CC=C1c1ccccc1C#N)C(=O)O. The highest BCUT2D eigenvalue weighted by Crippen LogP contribution is 2.26. The predicted molar refractivity (Wildman–Crippen MR) is 103 cm³/mol. The number of hydrogen-bond acceptors (Lipinski definition) is 4. The van der Waals surface area contributed by atoms with Crippen LogP contribution in [-0.4, -0.2) is 29.1 Å². The van der Waals surface area contributed by atoms with Crippen LogP contribution in [0.5, 0.6) is 0 Å². The largest absolute Gasteiger partial charge is 0.478 e. The molecule has 5 nitrogen and oxygen atoms in total. The molecule has 0 bridgehead atoms. The van der Waals surface area contributed by atoms with Gasteiger partial charge in [-0.15, -0.1) is 0 Å². The van der Waals surface area contributed by atoms with E-state index >= 15 is 0 Å². The topological polar surface area (TPSA) is 90.4 Å². The lowest BCUT2D eigenvalue weighted by molar-refractivity contribution is -0.132. The number of nitrogens with two attached hydrogens (primary N) is 1. The summed E-state index contributed by atoms with van der Waals surface area (Å²) in [6.07, 6.45) is 9.36. The minimum absolute atomic E-state index is 0.212. The molecule has 26 heavy (non-hydrogen) atoms. The van der Waals surface area contributed by atoms with Crippen molar-refractivity contribution < 1.29 is 9.90 Å². The Balaban J connectivity index is 2.29. The van der Waals surface area contributed by atoms with E-state index in [4.69, 9.17) is 5.73 Å². The summed E-state index contributed by atoms with van der Waals surface area (Å²) in [5.41, 5.74) is 8.97. The molecule has 0 saturated carbocycles. The van der Waals surface area contributed by atoms with Crippen LogP contribution < -0.4 is 5.73 Å². The van der Waals surface area contributed by atoms with Gasteiger partial charge >= 0.3 is 5.97 Å². The van der Waals surface area contributed by atoms with Crippen LogP contribution in [0.25, 0.3) is 5.70 Å². The van der Waals surface area contributed by atoms with Crippen molar-refractivity contribution >= 4 is 11.7 Å². The number of carboxylic acid groups (broad SMARTS) is 1. The number of rotatable bonds is 8. The fourth-order valence-electron chi connectivity index (χ4n) is 2.98. The average molecular weight is 351 g/mol. The highest BCUT2D eigenvalue weighted by atomic mass is 16.4. The molecule has 1 aliphatic rings. The second kappa shape index (κ2) is 9.47. The van der Waals surface area contributed by atoms with Crippen molar-refractivity contribution in [1.82, 2.24) is 4.90 Å². The van der Waals surface area contributed by atoms with Crippen molar-refractivity contribution in [3.05, 3.63) is 64.9 Å². The zero-order valence-electron chi connectivity index (χ0n) is 15.1. The number of aliphatic carboxylic acids is 1. The van der Waals surface area contributed by atoms with E-state index in [1.54, 1.807) is 6.07 Å². The van der Waals surface area contributed by atoms with Crippen molar-refractivity contribution in [2.75, 3.05) is 13.1 Å². The quantitative estimate of drug-likeness (QED) is 0.551. The maximum Gasteiger partial charge on any atom is 0.335 e. The van der Waals surface area contributed by atoms with Gasteiger partial charge < -0.3 is 15.7 Å². The molecule has 136 valence electrons. The molecule has 0 spiro atoms. The van der Waals surface area contributed by atoms with Crippen LogP contribution in [0, 0.1) is 11.3 Å². The third kappa shape index (κ3) is 4.76. The maximum absolute atomic E-state index is 11.8. The summed E-state index contributed by atoms with van der Waals surface area (Å²) < 4.78 is 0. The van der Waals surface area contributed by atoms with E-state index in [0.29, 0.717) is 24.2 Å². The van der Waals surface area contributed by atoms with Crippen LogP contribution >= 0.6 is 0 Å². The van der Waals surface area contributed by atoms with Crippen LogP contribution in [0.3, 0.4) is 0 Å². The Kier molecular flexibility index (Phi) is 7.04. The molecule has 0 aromatic heterocycles. The number of hydrogen-bond donors (Lipinski definition) is 2. The van der Waals surface area contributed by atoms with Gasteiger partial charge in [0.15, 0.2) is 0 Å². The number of nitrogens with zero attached hydrogens (tertiary/aromatic N) is 2. The highest BCUT2D eigenvalue weighted by molar-refractivity contribution is 5.88. The molecule has 0 aliphatic carbocycles. The van der Waals surface area contributed by atoms with Gasteiger partial charge in [-0.05, 0) is 25.0 Å². The number of allylic oxidation sites excluding steroid dienone is 3. The number of benzene rings is 1. The summed E-state index contributed by atoms with van der Waals surface area (Å²) in [7, 11) is 0. The second-order valence-electron chi connectivity index (χ2n) is 6.28. The molecule has 2 rings (SSSR count). The minimum Gasteiger partial charge on any atom is -0.478 e. The lowest BCUT2D eigenvalue weighted by atomic mass is 10.0. The van der Waals surface area contributed by atoms with E-state index in [1.807, 2.05) is 41.3 Å². The van der Waals surface area contributed by atoms with E-state index in [9.17, 15) is 15.2 Å². The van der Waals surface area contributed by atoms with Gasteiger partial charge in [0.05, 0.1) is 23.8 Å². The molecule has 1 heterocycles. The van der Waals surface area contributed by atoms with E-state index < -0.39 is 5.97 Å². The molecule has 3 N–H and O–H groups in total. The Morgan fingerprint density at radius 2 is 2.12 bits per heavy atom.